The van der Waals surface area contributed by atoms with Crippen molar-refractivity contribution in [2.45, 2.75) is 10.8 Å². The summed E-state index contributed by atoms with van der Waals surface area (Å²) in [6.07, 6.45) is 0. The topological polar surface area (TPSA) is 115 Å². The SMILES string of the molecule is Clc1ccc(-c2nc([P+](c3ccccc3)(c3ccccc3)c3ccccc3)c(SCc3ccccc3)o2)cc1.[O-][Cl+3]([O-])([O-])O. The summed E-state index contributed by atoms with van der Waals surface area (Å²) in [4.78, 5) is 5.34. The molecular formula is C34H27Cl2NO5PS+. The van der Waals surface area contributed by atoms with Crippen LogP contribution in [-0.2, 0) is 5.75 Å². The third-order valence-electron chi connectivity index (χ3n) is 6.63. The maximum atomic E-state index is 8.60. The van der Waals surface area contributed by atoms with Crippen molar-refractivity contribution in [3.05, 3.63) is 156 Å². The van der Waals surface area contributed by atoms with Crippen LogP contribution < -0.4 is 35.3 Å². The van der Waals surface area contributed by atoms with Gasteiger partial charge in [0.25, 0.3) is 5.44 Å². The molecule has 0 bridgehead atoms. The van der Waals surface area contributed by atoms with Gasteiger partial charge in [-0.25, -0.2) is 0 Å². The Bertz CT molecular complexity index is 1650. The number of rotatable bonds is 8. The van der Waals surface area contributed by atoms with E-state index in [0.717, 1.165) is 21.8 Å². The summed E-state index contributed by atoms with van der Waals surface area (Å²) in [7, 11) is -7.12. The predicted molar refractivity (Wildman–Crippen MR) is 170 cm³/mol. The Morgan fingerprint density at radius 1 is 0.659 bits per heavy atom. The van der Waals surface area contributed by atoms with E-state index in [0.29, 0.717) is 10.9 Å². The Morgan fingerprint density at radius 2 is 1.07 bits per heavy atom. The molecule has 0 saturated carbocycles. The fourth-order valence-corrected chi connectivity index (χ4v) is 10.4. The molecule has 1 N–H and O–H groups in total. The van der Waals surface area contributed by atoms with Gasteiger partial charge in [-0.3, -0.25) is 0 Å². The molecular weight excluding hydrogens is 636 g/mol. The van der Waals surface area contributed by atoms with Crippen molar-refractivity contribution >= 4 is 52.0 Å². The molecule has 1 heterocycles. The number of oxazole rings is 1. The highest BCUT2D eigenvalue weighted by Crippen LogP contribution is 2.56. The first-order chi connectivity index (χ1) is 21.2. The zero-order chi connectivity index (χ0) is 31.0. The molecule has 0 spiro atoms. The Balaban J connectivity index is 0.000000712. The lowest BCUT2D eigenvalue weighted by atomic mass is 10.2. The number of hydrogen-bond donors (Lipinski definition) is 1. The molecule has 0 aliphatic carbocycles. The second-order valence-corrected chi connectivity index (χ2v) is 15.0. The third kappa shape index (κ3) is 7.77. The van der Waals surface area contributed by atoms with Crippen LogP contribution in [0.5, 0.6) is 0 Å². The fraction of sp³-hybridized carbons (Fsp3) is 0.0294. The van der Waals surface area contributed by atoms with E-state index >= 15 is 0 Å². The minimum absolute atomic E-state index is 0.601. The van der Waals surface area contributed by atoms with Crippen molar-refractivity contribution in [3.63, 3.8) is 0 Å². The predicted octanol–water partition coefficient (Wildman–Crippen LogP) is 3.78. The summed E-state index contributed by atoms with van der Waals surface area (Å²) < 4.78 is 39.4. The van der Waals surface area contributed by atoms with E-state index in [2.05, 4.69) is 115 Å². The van der Waals surface area contributed by atoms with E-state index in [1.807, 2.05) is 30.3 Å². The molecule has 0 saturated heterocycles. The van der Waals surface area contributed by atoms with Crippen molar-refractivity contribution in [1.82, 2.24) is 4.98 Å². The number of aromatic nitrogens is 1. The zero-order valence-corrected chi connectivity index (χ0v) is 26.4. The van der Waals surface area contributed by atoms with Crippen LogP contribution in [-0.4, -0.2) is 9.64 Å². The molecule has 0 aliphatic heterocycles. The standard InChI is InChI=1S/C34H26ClNOPS.ClHO4/c35-28-23-21-27(22-24-28)32-36-33(34(37-32)39-25-26-13-5-1-6-14-26)38(29-15-7-2-8-16-29,30-17-9-3-10-18-30)31-19-11-4-12-20-31;2-1(3,4)5/h1-24H,25H2;(H,2,3,4,5)/q+1;. The van der Waals surface area contributed by atoms with Crippen LogP contribution >= 0.6 is 30.6 Å². The molecule has 0 fully saturated rings. The van der Waals surface area contributed by atoms with Crippen molar-refractivity contribution < 1.29 is 33.3 Å². The molecule has 10 heteroatoms. The second kappa shape index (κ2) is 14.5. The van der Waals surface area contributed by atoms with Gasteiger partial charge in [-0.05, 0) is 66.2 Å². The van der Waals surface area contributed by atoms with Gasteiger partial charge in [0, 0.05) is 16.3 Å². The molecule has 0 aliphatic rings. The summed E-state index contributed by atoms with van der Waals surface area (Å²) in [6.45, 7) is 0. The minimum atomic E-state index is -4.69. The largest absolute Gasteiger partial charge is 0.425 e. The van der Waals surface area contributed by atoms with Gasteiger partial charge in [0.05, 0.1) is 14.9 Å². The van der Waals surface area contributed by atoms with Crippen molar-refractivity contribution in [2.75, 3.05) is 0 Å². The molecule has 6 nitrogen and oxygen atoms in total. The van der Waals surface area contributed by atoms with E-state index in [4.69, 9.17) is 39.6 Å². The first-order valence-electron chi connectivity index (χ1n) is 13.4. The van der Waals surface area contributed by atoms with Crippen LogP contribution in [0.4, 0.5) is 0 Å². The van der Waals surface area contributed by atoms with Crippen molar-refractivity contribution in [3.8, 4) is 11.5 Å². The molecule has 0 atom stereocenters. The van der Waals surface area contributed by atoms with Gasteiger partial charge >= 0.3 is 0 Å². The van der Waals surface area contributed by atoms with Crippen LogP contribution in [0.2, 0.25) is 5.02 Å². The average molecular weight is 664 g/mol. The number of hydrogen-bond acceptors (Lipinski definition) is 7. The smallest absolute Gasteiger partial charge is 0.251 e. The molecule has 0 unspecified atom stereocenters. The zero-order valence-electron chi connectivity index (χ0n) is 23.2. The van der Waals surface area contributed by atoms with Crippen LogP contribution in [0.1, 0.15) is 5.56 Å². The average Bonchev–Trinajstić information content (AvgIpc) is 3.46. The van der Waals surface area contributed by atoms with E-state index < -0.39 is 17.5 Å². The maximum absolute atomic E-state index is 8.60. The summed E-state index contributed by atoms with van der Waals surface area (Å²) >= 11 is 7.92. The summed E-state index contributed by atoms with van der Waals surface area (Å²) in [6, 6.07) is 50.5. The van der Waals surface area contributed by atoms with Gasteiger partial charge in [-0.2, -0.15) is 19.0 Å². The van der Waals surface area contributed by atoms with Crippen LogP contribution in [0.25, 0.3) is 11.5 Å². The van der Waals surface area contributed by atoms with E-state index in [-0.39, 0.29) is 0 Å². The molecule has 6 aromatic rings. The van der Waals surface area contributed by atoms with Gasteiger partial charge in [0.1, 0.15) is 15.9 Å². The van der Waals surface area contributed by atoms with Gasteiger partial charge in [-0.15, -0.1) is 0 Å². The normalized spacial score (nSPS) is 11.5. The van der Waals surface area contributed by atoms with Gasteiger partial charge in [-0.1, -0.05) is 108 Å². The van der Waals surface area contributed by atoms with E-state index in [1.165, 1.54) is 21.5 Å². The monoisotopic (exact) mass is 662 g/mol. The van der Waals surface area contributed by atoms with Crippen LogP contribution in [0, 0.1) is 10.2 Å². The minimum Gasteiger partial charge on any atom is -0.425 e. The van der Waals surface area contributed by atoms with Crippen LogP contribution in [0.3, 0.4) is 0 Å². The van der Waals surface area contributed by atoms with Crippen molar-refractivity contribution in [1.29, 1.82) is 0 Å². The Hall–Kier alpha value is -3.49. The van der Waals surface area contributed by atoms with Gasteiger partial charge in [0.2, 0.25) is 11.0 Å². The highest BCUT2D eigenvalue weighted by molar-refractivity contribution is 8.04. The molecule has 44 heavy (non-hydrogen) atoms. The highest BCUT2D eigenvalue weighted by Gasteiger charge is 2.52. The quantitative estimate of drug-likeness (QED) is 0.195. The summed E-state index contributed by atoms with van der Waals surface area (Å²) in [5.74, 6) is 1.38. The Kier molecular flexibility index (Phi) is 10.5. The number of nitrogens with zero attached hydrogens (tertiary/aromatic N) is 1. The Labute approximate surface area is 267 Å². The first-order valence-corrected chi connectivity index (χ1v) is 17.8. The highest BCUT2D eigenvalue weighted by atomic mass is 35.7. The fourth-order valence-electron chi connectivity index (χ4n) is 4.81. The van der Waals surface area contributed by atoms with Crippen molar-refractivity contribution in [2.24, 2.45) is 0 Å². The first kappa shape index (κ1) is 31.9. The summed E-state index contributed by atoms with van der Waals surface area (Å²) in [5.41, 5.74) is 3.12. The van der Waals surface area contributed by atoms with E-state index in [9.17, 15) is 0 Å². The van der Waals surface area contributed by atoms with E-state index in [1.54, 1.807) is 11.8 Å². The number of thioether (sulfide) groups is 1. The lowest BCUT2D eigenvalue weighted by Crippen LogP contribution is -2.58. The van der Waals surface area contributed by atoms with Gasteiger partial charge < -0.3 is 4.42 Å². The molecule has 1 aromatic heterocycles. The molecule has 0 radical (unpaired) electrons. The number of benzene rings is 5. The van der Waals surface area contributed by atoms with Crippen LogP contribution in [0.15, 0.2) is 155 Å². The summed E-state index contributed by atoms with van der Waals surface area (Å²) in [5, 5.41) is 5.23. The maximum Gasteiger partial charge on any atom is 0.251 e. The lowest BCUT2D eigenvalue weighted by molar-refractivity contribution is -1.92. The Morgan fingerprint density at radius 3 is 1.50 bits per heavy atom. The second-order valence-electron chi connectivity index (χ2n) is 9.48. The molecule has 6 rings (SSSR count). The molecule has 222 valence electrons. The third-order valence-corrected chi connectivity index (χ3v) is 12.2. The molecule has 5 aromatic carbocycles. The number of halogens is 2. The van der Waals surface area contributed by atoms with Gasteiger partial charge in [0.15, 0.2) is 7.26 Å². The lowest BCUT2D eigenvalue weighted by Gasteiger charge is -2.25. The molecule has 0 amide bonds.